The molecule has 2 aromatic carbocycles. The summed E-state index contributed by atoms with van der Waals surface area (Å²) in [6.07, 6.45) is 3.22. The molecule has 0 fully saturated rings. The van der Waals surface area contributed by atoms with E-state index in [1.165, 1.54) is 19.3 Å². The molecule has 0 aliphatic heterocycles. The maximum Gasteiger partial charge on any atom is 0.329 e. The van der Waals surface area contributed by atoms with Gasteiger partial charge in [-0.15, -0.1) is 0 Å². The number of carbonyl (C=O) groups excluding carboxylic acids is 2. The van der Waals surface area contributed by atoms with Crippen molar-refractivity contribution in [3.8, 4) is 11.5 Å². The van der Waals surface area contributed by atoms with Crippen molar-refractivity contribution in [2.75, 3.05) is 7.11 Å². The lowest BCUT2D eigenvalue weighted by Gasteiger charge is -2.24. The number of phenols is 1. The van der Waals surface area contributed by atoms with Gasteiger partial charge in [-0.05, 0) is 50.1 Å². The highest BCUT2D eigenvalue weighted by molar-refractivity contribution is 5.94. The highest BCUT2D eigenvalue weighted by atomic mass is 16.6. The number of phenolic OH excluding ortho intramolecular Hbond substituents is 1. The van der Waals surface area contributed by atoms with Crippen LogP contribution >= 0.6 is 0 Å². The van der Waals surface area contributed by atoms with Crippen molar-refractivity contribution < 1.29 is 24.2 Å². The topological polar surface area (TPSA) is 84.9 Å². The number of aromatic hydroxyl groups is 1. The van der Waals surface area contributed by atoms with Crippen LogP contribution in [0.15, 0.2) is 54.6 Å². The van der Waals surface area contributed by atoms with Crippen LogP contribution in [0.2, 0.25) is 0 Å². The third-order valence-corrected chi connectivity index (χ3v) is 3.92. The van der Waals surface area contributed by atoms with Crippen LogP contribution in [0, 0.1) is 0 Å². The summed E-state index contributed by atoms with van der Waals surface area (Å²) in [4.78, 5) is 25.0. The summed E-state index contributed by atoms with van der Waals surface area (Å²) in [5.74, 6) is -0.594. The molecule has 6 heteroatoms. The first-order chi connectivity index (χ1) is 13.7. The number of methoxy groups -OCH3 is 1. The van der Waals surface area contributed by atoms with Gasteiger partial charge in [-0.2, -0.15) is 0 Å². The Morgan fingerprint density at radius 1 is 1.14 bits per heavy atom. The second-order valence-electron chi connectivity index (χ2n) is 7.55. The average molecular weight is 397 g/mol. The molecule has 0 saturated carbocycles. The van der Waals surface area contributed by atoms with Crippen molar-refractivity contribution in [2.24, 2.45) is 0 Å². The van der Waals surface area contributed by atoms with Crippen LogP contribution in [0.5, 0.6) is 11.5 Å². The fourth-order valence-corrected chi connectivity index (χ4v) is 2.61. The average Bonchev–Trinajstić information content (AvgIpc) is 2.66. The minimum Gasteiger partial charge on any atom is -0.504 e. The van der Waals surface area contributed by atoms with E-state index in [1.807, 2.05) is 30.3 Å². The molecule has 1 amide bonds. The Bertz CT molecular complexity index is 869. The number of rotatable bonds is 7. The third-order valence-electron chi connectivity index (χ3n) is 3.92. The highest BCUT2D eigenvalue weighted by Gasteiger charge is 2.26. The smallest absolute Gasteiger partial charge is 0.329 e. The zero-order chi connectivity index (χ0) is 21.4. The first-order valence-corrected chi connectivity index (χ1v) is 9.30. The summed E-state index contributed by atoms with van der Waals surface area (Å²) in [7, 11) is 1.45. The molecular weight excluding hydrogens is 370 g/mol. The number of carbonyl (C=O) groups is 2. The van der Waals surface area contributed by atoms with E-state index in [2.05, 4.69) is 5.32 Å². The van der Waals surface area contributed by atoms with Crippen molar-refractivity contribution in [2.45, 2.75) is 38.8 Å². The second-order valence-corrected chi connectivity index (χ2v) is 7.55. The summed E-state index contributed by atoms with van der Waals surface area (Å²) in [5.41, 5.74) is 0.928. The standard InChI is InChI=1S/C23H27NO5/c1-23(2,3)29-22(27)18(14-16-8-6-5-7-9-16)24-21(26)13-11-17-10-12-19(25)20(15-17)28-4/h5-13,15,18,25H,14H2,1-4H3,(H,24,26)/t18-/m0/s1. The Balaban J connectivity index is 2.12. The lowest BCUT2D eigenvalue weighted by atomic mass is 10.1. The minimum atomic E-state index is -0.817. The molecular formula is C23H27NO5. The molecule has 6 nitrogen and oxygen atoms in total. The summed E-state index contributed by atoms with van der Waals surface area (Å²) >= 11 is 0. The first-order valence-electron chi connectivity index (χ1n) is 9.30. The van der Waals surface area contributed by atoms with Crippen molar-refractivity contribution in [3.05, 3.63) is 65.7 Å². The molecule has 0 radical (unpaired) electrons. The number of hydrogen-bond acceptors (Lipinski definition) is 5. The molecule has 0 unspecified atom stereocenters. The molecule has 0 spiro atoms. The number of benzene rings is 2. The zero-order valence-electron chi connectivity index (χ0n) is 17.1. The van der Waals surface area contributed by atoms with Crippen LogP contribution in [0.25, 0.3) is 6.08 Å². The van der Waals surface area contributed by atoms with E-state index < -0.39 is 23.5 Å². The fraction of sp³-hybridized carbons (Fsp3) is 0.304. The molecule has 2 rings (SSSR count). The van der Waals surface area contributed by atoms with Crippen LogP contribution in [0.3, 0.4) is 0 Å². The van der Waals surface area contributed by atoms with Crippen LogP contribution in [-0.2, 0) is 20.7 Å². The normalized spacial score (nSPS) is 12.4. The number of nitrogens with one attached hydrogen (secondary N) is 1. The molecule has 0 aliphatic rings. The summed E-state index contributed by atoms with van der Waals surface area (Å²) < 4.78 is 10.5. The zero-order valence-corrected chi connectivity index (χ0v) is 17.1. The predicted molar refractivity (Wildman–Crippen MR) is 112 cm³/mol. The summed E-state index contributed by atoms with van der Waals surface area (Å²) in [5, 5.41) is 12.4. The van der Waals surface area contributed by atoms with Gasteiger partial charge in [0.25, 0.3) is 0 Å². The van der Waals surface area contributed by atoms with Crippen molar-refractivity contribution in [1.29, 1.82) is 0 Å². The van der Waals surface area contributed by atoms with E-state index >= 15 is 0 Å². The number of hydrogen-bond donors (Lipinski definition) is 2. The molecule has 0 aliphatic carbocycles. The van der Waals surface area contributed by atoms with Crippen molar-refractivity contribution in [3.63, 3.8) is 0 Å². The van der Waals surface area contributed by atoms with Crippen LogP contribution in [0.1, 0.15) is 31.9 Å². The summed E-state index contributed by atoms with van der Waals surface area (Å²) in [6.45, 7) is 5.35. The molecule has 2 N–H and O–H groups in total. The van der Waals surface area contributed by atoms with E-state index in [-0.39, 0.29) is 5.75 Å². The van der Waals surface area contributed by atoms with Gasteiger partial charge in [0, 0.05) is 12.5 Å². The maximum atomic E-state index is 12.6. The third kappa shape index (κ3) is 7.33. The van der Waals surface area contributed by atoms with E-state index in [1.54, 1.807) is 39.0 Å². The van der Waals surface area contributed by atoms with E-state index in [4.69, 9.17) is 9.47 Å². The number of ether oxygens (including phenoxy) is 2. The van der Waals surface area contributed by atoms with Gasteiger partial charge < -0.3 is 19.9 Å². The fourth-order valence-electron chi connectivity index (χ4n) is 2.61. The molecule has 154 valence electrons. The number of esters is 1. The van der Waals surface area contributed by atoms with Crippen LogP contribution < -0.4 is 10.1 Å². The molecule has 0 saturated heterocycles. The lowest BCUT2D eigenvalue weighted by molar-refractivity contribution is -0.158. The summed E-state index contributed by atoms with van der Waals surface area (Å²) in [6, 6.07) is 13.3. The lowest BCUT2D eigenvalue weighted by Crippen LogP contribution is -2.45. The molecule has 29 heavy (non-hydrogen) atoms. The molecule has 0 aromatic heterocycles. The van der Waals surface area contributed by atoms with Crippen LogP contribution in [-0.4, -0.2) is 35.7 Å². The minimum absolute atomic E-state index is 0.0157. The van der Waals surface area contributed by atoms with Gasteiger partial charge in [-0.25, -0.2) is 4.79 Å². The molecule has 2 aromatic rings. The highest BCUT2D eigenvalue weighted by Crippen LogP contribution is 2.26. The van der Waals surface area contributed by atoms with Gasteiger partial charge in [0.2, 0.25) is 5.91 Å². The van der Waals surface area contributed by atoms with Gasteiger partial charge >= 0.3 is 5.97 Å². The van der Waals surface area contributed by atoms with Gasteiger partial charge in [-0.1, -0.05) is 36.4 Å². The Morgan fingerprint density at radius 2 is 1.83 bits per heavy atom. The van der Waals surface area contributed by atoms with E-state index in [0.717, 1.165) is 5.56 Å². The van der Waals surface area contributed by atoms with Gasteiger partial charge in [0.05, 0.1) is 7.11 Å². The van der Waals surface area contributed by atoms with Gasteiger partial charge in [-0.3, -0.25) is 4.79 Å². The second kappa shape index (κ2) is 9.78. The van der Waals surface area contributed by atoms with Crippen LogP contribution in [0.4, 0.5) is 0 Å². The largest absolute Gasteiger partial charge is 0.504 e. The van der Waals surface area contributed by atoms with E-state index in [0.29, 0.717) is 17.7 Å². The maximum absolute atomic E-state index is 12.6. The van der Waals surface area contributed by atoms with Crippen molar-refractivity contribution >= 4 is 18.0 Å². The van der Waals surface area contributed by atoms with Crippen molar-refractivity contribution in [1.82, 2.24) is 5.32 Å². The monoisotopic (exact) mass is 397 g/mol. The first kappa shape index (κ1) is 22.0. The van der Waals surface area contributed by atoms with Gasteiger partial charge in [0.1, 0.15) is 11.6 Å². The Labute approximate surface area is 171 Å². The molecule has 1 atom stereocenters. The molecule has 0 heterocycles. The quantitative estimate of drug-likeness (QED) is 0.552. The predicted octanol–water partition coefficient (Wildman–Crippen LogP) is 3.48. The molecule has 0 bridgehead atoms. The Morgan fingerprint density at radius 3 is 2.45 bits per heavy atom. The van der Waals surface area contributed by atoms with E-state index in [9.17, 15) is 14.7 Å². The number of amides is 1. The van der Waals surface area contributed by atoms with Gasteiger partial charge in [0.15, 0.2) is 11.5 Å². The SMILES string of the molecule is COc1cc(C=CC(=O)N[C@@H](Cc2ccccc2)C(=O)OC(C)(C)C)ccc1O. The Kier molecular flexibility index (Phi) is 7.42. The Hall–Kier alpha value is -3.28.